The summed E-state index contributed by atoms with van der Waals surface area (Å²) in [5.74, 6) is 0.118. The molecule has 0 bridgehead atoms. The smallest absolute Gasteiger partial charge is 0.228 e. The van der Waals surface area contributed by atoms with Crippen molar-refractivity contribution >= 4 is 5.91 Å². The van der Waals surface area contributed by atoms with Crippen LogP contribution in [0, 0.1) is 5.41 Å². The molecule has 1 saturated heterocycles. The normalized spacial score (nSPS) is 22.9. The van der Waals surface area contributed by atoms with Crippen molar-refractivity contribution in [3.8, 4) is 0 Å². The largest absolute Gasteiger partial charge is 0.394 e. The number of rotatable bonds is 3. The van der Waals surface area contributed by atoms with Crippen LogP contribution in [0.3, 0.4) is 0 Å². The molecule has 1 N–H and O–H groups in total. The molecule has 0 aromatic rings. The van der Waals surface area contributed by atoms with Crippen molar-refractivity contribution in [3.63, 3.8) is 0 Å². The summed E-state index contributed by atoms with van der Waals surface area (Å²) in [6.45, 7) is 7.48. The monoisotopic (exact) mass is 215 g/mol. The maximum atomic E-state index is 12.2. The molecule has 1 heterocycles. The summed E-state index contributed by atoms with van der Waals surface area (Å²) in [5.41, 5.74) is -0.342. The molecule has 1 aliphatic heterocycles. The van der Waals surface area contributed by atoms with Crippen LogP contribution in [-0.2, 0) is 9.53 Å². The number of morpholine rings is 1. The fourth-order valence-electron chi connectivity index (χ4n) is 1.61. The summed E-state index contributed by atoms with van der Waals surface area (Å²) < 4.78 is 5.25. The van der Waals surface area contributed by atoms with E-state index in [1.165, 1.54) is 0 Å². The number of carbonyl (C=O) groups excluding carboxylic acids is 1. The molecule has 0 spiro atoms. The third-order valence-electron chi connectivity index (χ3n) is 3.16. The number of nitrogens with zero attached hydrogens (tertiary/aromatic N) is 1. The molecule has 1 aliphatic rings. The number of hydrogen-bond donors (Lipinski definition) is 1. The molecule has 4 nitrogen and oxygen atoms in total. The zero-order valence-electron chi connectivity index (χ0n) is 9.82. The first-order valence-corrected chi connectivity index (χ1v) is 5.52. The Labute approximate surface area is 91.2 Å². The summed E-state index contributed by atoms with van der Waals surface area (Å²) in [5, 5.41) is 9.17. The van der Waals surface area contributed by atoms with Crippen molar-refractivity contribution < 1.29 is 14.6 Å². The topological polar surface area (TPSA) is 49.8 Å². The van der Waals surface area contributed by atoms with Gasteiger partial charge in [0.15, 0.2) is 0 Å². The van der Waals surface area contributed by atoms with Gasteiger partial charge >= 0.3 is 0 Å². The van der Waals surface area contributed by atoms with Gasteiger partial charge in [-0.25, -0.2) is 0 Å². The van der Waals surface area contributed by atoms with Gasteiger partial charge in [-0.05, 0) is 6.42 Å². The van der Waals surface area contributed by atoms with Gasteiger partial charge < -0.3 is 14.7 Å². The first-order chi connectivity index (χ1) is 7.03. The molecule has 0 aromatic carbocycles. The van der Waals surface area contributed by atoms with E-state index < -0.39 is 0 Å². The highest BCUT2D eigenvalue weighted by atomic mass is 16.5. The Balaban J connectivity index is 2.72. The van der Waals surface area contributed by atoms with E-state index in [0.29, 0.717) is 19.8 Å². The van der Waals surface area contributed by atoms with Crippen molar-refractivity contribution in [1.29, 1.82) is 0 Å². The third-order valence-corrected chi connectivity index (χ3v) is 3.16. The van der Waals surface area contributed by atoms with E-state index in [1.807, 2.05) is 20.8 Å². The Morgan fingerprint density at radius 1 is 1.60 bits per heavy atom. The van der Waals surface area contributed by atoms with Gasteiger partial charge in [-0.2, -0.15) is 0 Å². The van der Waals surface area contributed by atoms with Gasteiger partial charge in [0.2, 0.25) is 5.91 Å². The van der Waals surface area contributed by atoms with Gasteiger partial charge in [0, 0.05) is 12.0 Å². The summed E-state index contributed by atoms with van der Waals surface area (Å²) in [4.78, 5) is 13.9. The molecule has 1 rings (SSSR count). The summed E-state index contributed by atoms with van der Waals surface area (Å²) >= 11 is 0. The van der Waals surface area contributed by atoms with E-state index in [4.69, 9.17) is 4.74 Å². The van der Waals surface area contributed by atoms with E-state index in [2.05, 4.69) is 0 Å². The number of aliphatic hydroxyl groups excluding tert-OH is 1. The average molecular weight is 215 g/mol. The van der Waals surface area contributed by atoms with Crippen LogP contribution in [-0.4, -0.2) is 48.3 Å². The lowest BCUT2D eigenvalue weighted by Crippen LogP contribution is -2.54. The zero-order valence-corrected chi connectivity index (χ0v) is 9.82. The lowest BCUT2D eigenvalue weighted by molar-refractivity contribution is -0.151. The van der Waals surface area contributed by atoms with Crippen LogP contribution in [0.25, 0.3) is 0 Å². The predicted octanol–water partition coefficient (Wildman–Crippen LogP) is 0.642. The molecule has 0 aromatic heterocycles. The van der Waals surface area contributed by atoms with Gasteiger partial charge in [-0.15, -0.1) is 0 Å². The highest BCUT2D eigenvalue weighted by Crippen LogP contribution is 2.25. The Bertz CT molecular complexity index is 228. The molecule has 0 radical (unpaired) electrons. The van der Waals surface area contributed by atoms with Gasteiger partial charge in [-0.3, -0.25) is 4.79 Å². The van der Waals surface area contributed by atoms with Crippen LogP contribution in [0.2, 0.25) is 0 Å². The molecular formula is C11H21NO3. The van der Waals surface area contributed by atoms with E-state index in [-0.39, 0.29) is 24.0 Å². The molecule has 88 valence electrons. The van der Waals surface area contributed by atoms with Crippen LogP contribution >= 0.6 is 0 Å². The summed E-state index contributed by atoms with van der Waals surface area (Å²) in [7, 11) is 0. The first kappa shape index (κ1) is 12.5. The van der Waals surface area contributed by atoms with Gasteiger partial charge in [0.25, 0.3) is 0 Å². The summed E-state index contributed by atoms with van der Waals surface area (Å²) in [6, 6.07) is -0.169. The SMILES string of the molecule is CCC(C)(C)C(=O)N1CCOCC1CO. The zero-order chi connectivity index (χ0) is 11.5. The fraction of sp³-hybridized carbons (Fsp3) is 0.909. The lowest BCUT2D eigenvalue weighted by Gasteiger charge is -2.39. The van der Waals surface area contributed by atoms with Crippen LogP contribution in [0.15, 0.2) is 0 Å². The van der Waals surface area contributed by atoms with Gasteiger partial charge in [0.1, 0.15) is 0 Å². The maximum absolute atomic E-state index is 12.2. The van der Waals surface area contributed by atoms with E-state index >= 15 is 0 Å². The fourth-order valence-corrected chi connectivity index (χ4v) is 1.61. The van der Waals surface area contributed by atoms with Crippen molar-refractivity contribution in [3.05, 3.63) is 0 Å². The van der Waals surface area contributed by atoms with Gasteiger partial charge in [-0.1, -0.05) is 20.8 Å². The third kappa shape index (κ3) is 2.69. The molecule has 1 amide bonds. The van der Waals surface area contributed by atoms with Crippen LogP contribution in [0.4, 0.5) is 0 Å². The van der Waals surface area contributed by atoms with Crippen molar-refractivity contribution in [2.75, 3.05) is 26.4 Å². The van der Waals surface area contributed by atoms with E-state index in [9.17, 15) is 9.90 Å². The first-order valence-electron chi connectivity index (χ1n) is 5.52. The Morgan fingerprint density at radius 3 is 2.80 bits per heavy atom. The molecule has 15 heavy (non-hydrogen) atoms. The van der Waals surface area contributed by atoms with Crippen molar-refractivity contribution in [2.45, 2.75) is 33.2 Å². The molecule has 0 aliphatic carbocycles. The molecule has 1 fully saturated rings. The van der Waals surface area contributed by atoms with Gasteiger partial charge in [0.05, 0.1) is 25.9 Å². The number of carbonyl (C=O) groups is 1. The van der Waals surface area contributed by atoms with Crippen LogP contribution in [0.1, 0.15) is 27.2 Å². The number of amides is 1. The second-order valence-corrected chi connectivity index (χ2v) is 4.65. The molecule has 1 atom stereocenters. The predicted molar refractivity (Wildman–Crippen MR) is 57.5 cm³/mol. The molecule has 0 saturated carbocycles. The van der Waals surface area contributed by atoms with Crippen LogP contribution < -0.4 is 0 Å². The average Bonchev–Trinajstić information content (AvgIpc) is 2.28. The van der Waals surface area contributed by atoms with Crippen LogP contribution in [0.5, 0.6) is 0 Å². The standard InChI is InChI=1S/C11H21NO3/c1-4-11(2,3)10(14)12-5-6-15-8-9(12)7-13/h9,13H,4-8H2,1-3H3. The maximum Gasteiger partial charge on any atom is 0.228 e. The second kappa shape index (κ2) is 4.94. The number of aliphatic hydroxyl groups is 1. The Hall–Kier alpha value is -0.610. The van der Waals surface area contributed by atoms with E-state index in [0.717, 1.165) is 6.42 Å². The molecule has 4 heteroatoms. The lowest BCUT2D eigenvalue weighted by atomic mass is 9.88. The second-order valence-electron chi connectivity index (χ2n) is 4.65. The van der Waals surface area contributed by atoms with E-state index in [1.54, 1.807) is 4.90 Å². The molecule has 1 unspecified atom stereocenters. The number of ether oxygens (including phenoxy) is 1. The molecular weight excluding hydrogens is 194 g/mol. The number of hydrogen-bond acceptors (Lipinski definition) is 3. The van der Waals surface area contributed by atoms with Crippen molar-refractivity contribution in [2.24, 2.45) is 5.41 Å². The Morgan fingerprint density at radius 2 is 2.27 bits per heavy atom. The quantitative estimate of drug-likeness (QED) is 0.751. The Kier molecular flexibility index (Phi) is 4.11. The minimum atomic E-state index is -0.342. The minimum Gasteiger partial charge on any atom is -0.394 e. The minimum absolute atomic E-state index is 0.0223. The highest BCUT2D eigenvalue weighted by Gasteiger charge is 2.35. The highest BCUT2D eigenvalue weighted by molar-refractivity contribution is 5.82. The van der Waals surface area contributed by atoms with Crippen molar-refractivity contribution in [1.82, 2.24) is 4.90 Å². The summed E-state index contributed by atoms with van der Waals surface area (Å²) in [6.07, 6.45) is 0.807.